The van der Waals surface area contributed by atoms with Crippen molar-refractivity contribution in [3.63, 3.8) is 0 Å². The van der Waals surface area contributed by atoms with E-state index in [9.17, 15) is 0 Å². The van der Waals surface area contributed by atoms with Gasteiger partial charge in [-0.3, -0.25) is 0 Å². The maximum Gasteiger partial charge on any atom is 0.164 e. The number of hydrazine groups is 1. The highest BCUT2D eigenvalue weighted by molar-refractivity contribution is 7.18. The van der Waals surface area contributed by atoms with Crippen molar-refractivity contribution >= 4 is 27.4 Å². The fourth-order valence-corrected chi connectivity index (χ4v) is 3.65. The average molecular weight is 308 g/mol. The Morgan fingerprint density at radius 1 is 1.43 bits per heavy atom. The third-order valence-electron chi connectivity index (χ3n) is 3.78. The highest BCUT2D eigenvalue weighted by atomic mass is 32.1. The van der Waals surface area contributed by atoms with E-state index in [1.165, 1.54) is 4.88 Å². The second-order valence-corrected chi connectivity index (χ2v) is 6.39. The Labute approximate surface area is 127 Å². The van der Waals surface area contributed by atoms with Crippen LogP contribution in [0.25, 0.3) is 10.2 Å². The van der Waals surface area contributed by atoms with Gasteiger partial charge >= 0.3 is 0 Å². The molecule has 2 aromatic rings. The molecule has 1 saturated heterocycles. The van der Waals surface area contributed by atoms with Crippen LogP contribution in [0.1, 0.15) is 30.5 Å². The third-order valence-corrected chi connectivity index (χ3v) is 4.73. The lowest BCUT2D eigenvalue weighted by atomic mass is 9.93. The summed E-state index contributed by atoms with van der Waals surface area (Å²) in [4.78, 5) is 11.5. The number of thiophene rings is 1. The Kier molecular flexibility index (Phi) is 4.08. The Morgan fingerprint density at radius 2 is 2.19 bits per heavy atom. The predicted molar refractivity (Wildman–Crippen MR) is 83.3 cm³/mol. The standard InChI is InChI=1S/C14H20N4O2S/c1-3-20-14(4-6-19-7-5-14)13-16-11(18-15)10-8-9(2)21-12(10)17-13/h8H,3-7,15H2,1-2H3,(H,16,17,18). The Hall–Kier alpha value is -1.28. The molecule has 0 saturated carbocycles. The summed E-state index contributed by atoms with van der Waals surface area (Å²) in [6.45, 7) is 6.00. The van der Waals surface area contributed by atoms with Crippen molar-refractivity contribution in [1.29, 1.82) is 0 Å². The van der Waals surface area contributed by atoms with Crippen LogP contribution >= 0.6 is 11.3 Å². The van der Waals surface area contributed by atoms with Gasteiger partial charge in [0.25, 0.3) is 0 Å². The van der Waals surface area contributed by atoms with Gasteiger partial charge in [-0.1, -0.05) is 0 Å². The zero-order valence-electron chi connectivity index (χ0n) is 12.3. The lowest BCUT2D eigenvalue weighted by Gasteiger charge is -2.35. The molecule has 21 heavy (non-hydrogen) atoms. The number of rotatable bonds is 4. The van der Waals surface area contributed by atoms with Crippen molar-refractivity contribution in [2.24, 2.45) is 5.84 Å². The minimum atomic E-state index is -0.468. The first-order valence-corrected chi connectivity index (χ1v) is 7.97. The van der Waals surface area contributed by atoms with Crippen LogP contribution in [0.3, 0.4) is 0 Å². The van der Waals surface area contributed by atoms with E-state index in [-0.39, 0.29) is 0 Å². The van der Waals surface area contributed by atoms with Crippen molar-refractivity contribution in [3.05, 3.63) is 16.8 Å². The highest BCUT2D eigenvalue weighted by Gasteiger charge is 2.38. The van der Waals surface area contributed by atoms with Crippen LogP contribution < -0.4 is 11.3 Å². The van der Waals surface area contributed by atoms with E-state index in [0.717, 1.165) is 23.1 Å². The van der Waals surface area contributed by atoms with E-state index in [0.29, 0.717) is 31.5 Å². The molecular formula is C14H20N4O2S. The molecule has 6 nitrogen and oxygen atoms in total. The van der Waals surface area contributed by atoms with Gasteiger partial charge in [0.15, 0.2) is 11.6 Å². The molecule has 0 unspecified atom stereocenters. The summed E-state index contributed by atoms with van der Waals surface area (Å²) in [6, 6.07) is 2.05. The van der Waals surface area contributed by atoms with Crippen LogP contribution in [0.2, 0.25) is 0 Å². The second-order valence-electron chi connectivity index (χ2n) is 5.16. The quantitative estimate of drug-likeness (QED) is 0.666. The Balaban J connectivity index is 2.12. The average Bonchev–Trinajstić information content (AvgIpc) is 2.87. The topological polar surface area (TPSA) is 82.3 Å². The van der Waals surface area contributed by atoms with Crippen LogP contribution in [-0.2, 0) is 15.1 Å². The van der Waals surface area contributed by atoms with Crippen molar-refractivity contribution in [2.75, 3.05) is 25.2 Å². The number of anilines is 1. The second kappa shape index (κ2) is 5.84. The molecule has 1 aliphatic rings. The summed E-state index contributed by atoms with van der Waals surface area (Å²) in [5, 5.41) is 0.961. The molecule has 1 aliphatic heterocycles. The summed E-state index contributed by atoms with van der Waals surface area (Å²) in [5.74, 6) is 7.00. The Bertz CT molecular complexity index is 632. The number of nitrogens with one attached hydrogen (secondary N) is 1. The van der Waals surface area contributed by atoms with Crippen LogP contribution in [0.5, 0.6) is 0 Å². The summed E-state index contributed by atoms with van der Waals surface area (Å²) >= 11 is 1.64. The van der Waals surface area contributed by atoms with E-state index >= 15 is 0 Å². The van der Waals surface area contributed by atoms with Gasteiger partial charge in [0.05, 0.1) is 5.39 Å². The molecule has 3 N–H and O–H groups in total. The fourth-order valence-electron chi connectivity index (χ4n) is 2.77. The molecule has 0 amide bonds. The van der Waals surface area contributed by atoms with Crippen LogP contribution in [-0.4, -0.2) is 29.8 Å². The van der Waals surface area contributed by atoms with Gasteiger partial charge in [-0.25, -0.2) is 15.8 Å². The van der Waals surface area contributed by atoms with Gasteiger partial charge in [0.2, 0.25) is 0 Å². The summed E-state index contributed by atoms with van der Waals surface area (Å²) < 4.78 is 11.5. The van der Waals surface area contributed by atoms with Crippen molar-refractivity contribution in [3.8, 4) is 0 Å². The molecule has 0 radical (unpaired) electrons. The first-order valence-electron chi connectivity index (χ1n) is 7.15. The number of nitrogen functional groups attached to an aromatic ring is 1. The number of nitrogens with two attached hydrogens (primary N) is 1. The monoisotopic (exact) mass is 308 g/mol. The van der Waals surface area contributed by atoms with Crippen molar-refractivity contribution < 1.29 is 9.47 Å². The first kappa shape index (κ1) is 14.6. The predicted octanol–water partition coefficient (Wildman–Crippen LogP) is 2.33. The first-order chi connectivity index (χ1) is 10.2. The lowest BCUT2D eigenvalue weighted by Crippen LogP contribution is -2.38. The summed E-state index contributed by atoms with van der Waals surface area (Å²) in [7, 11) is 0. The molecular weight excluding hydrogens is 288 g/mol. The van der Waals surface area contributed by atoms with Crippen molar-refractivity contribution in [2.45, 2.75) is 32.3 Å². The normalized spacial score (nSPS) is 18.0. The summed E-state index contributed by atoms with van der Waals surface area (Å²) in [5.41, 5.74) is 2.22. The molecule has 0 aromatic carbocycles. The van der Waals surface area contributed by atoms with Crippen LogP contribution in [0.15, 0.2) is 6.07 Å². The van der Waals surface area contributed by atoms with E-state index in [1.807, 2.05) is 6.92 Å². The molecule has 7 heteroatoms. The minimum absolute atomic E-state index is 0.468. The molecule has 0 spiro atoms. The lowest BCUT2D eigenvalue weighted by molar-refractivity contribution is -0.117. The van der Waals surface area contributed by atoms with Gasteiger partial charge in [0, 0.05) is 37.5 Å². The number of fused-ring (bicyclic) bond motifs is 1. The number of hydrogen-bond donors (Lipinski definition) is 2. The fraction of sp³-hybridized carbons (Fsp3) is 0.571. The molecule has 2 aromatic heterocycles. The van der Waals surface area contributed by atoms with E-state index in [2.05, 4.69) is 23.4 Å². The van der Waals surface area contributed by atoms with Gasteiger partial charge in [-0.15, -0.1) is 11.3 Å². The molecule has 1 fully saturated rings. The molecule has 3 heterocycles. The molecule has 0 aliphatic carbocycles. The maximum absolute atomic E-state index is 6.04. The number of ether oxygens (including phenoxy) is 2. The van der Waals surface area contributed by atoms with Crippen LogP contribution in [0, 0.1) is 6.92 Å². The van der Waals surface area contributed by atoms with Gasteiger partial charge in [0.1, 0.15) is 10.4 Å². The van der Waals surface area contributed by atoms with E-state index in [4.69, 9.17) is 20.3 Å². The largest absolute Gasteiger partial charge is 0.381 e. The van der Waals surface area contributed by atoms with Gasteiger partial charge in [-0.2, -0.15) is 0 Å². The van der Waals surface area contributed by atoms with Crippen LogP contribution in [0.4, 0.5) is 5.82 Å². The highest BCUT2D eigenvalue weighted by Crippen LogP contribution is 2.37. The SMILES string of the molecule is CCOC1(c2nc(NN)c3cc(C)sc3n2)CCOCC1. The number of aromatic nitrogens is 2. The number of aryl methyl sites for hydroxylation is 1. The van der Waals surface area contributed by atoms with E-state index in [1.54, 1.807) is 11.3 Å². The molecule has 3 rings (SSSR count). The van der Waals surface area contributed by atoms with Gasteiger partial charge in [-0.05, 0) is 19.9 Å². The summed E-state index contributed by atoms with van der Waals surface area (Å²) in [6.07, 6.45) is 1.53. The Morgan fingerprint density at radius 3 is 2.86 bits per heavy atom. The zero-order valence-corrected chi connectivity index (χ0v) is 13.1. The van der Waals surface area contributed by atoms with Gasteiger partial charge < -0.3 is 14.9 Å². The van der Waals surface area contributed by atoms with E-state index < -0.39 is 5.60 Å². The maximum atomic E-state index is 6.04. The number of nitrogens with zero attached hydrogens (tertiary/aromatic N) is 2. The minimum Gasteiger partial charge on any atom is -0.381 e. The third kappa shape index (κ3) is 2.62. The van der Waals surface area contributed by atoms with Crippen molar-refractivity contribution in [1.82, 2.24) is 9.97 Å². The molecule has 0 atom stereocenters. The smallest absolute Gasteiger partial charge is 0.164 e. The zero-order chi connectivity index (χ0) is 14.9. The number of hydrogen-bond acceptors (Lipinski definition) is 7. The molecule has 0 bridgehead atoms. The molecule has 114 valence electrons.